The van der Waals surface area contributed by atoms with E-state index in [1.54, 1.807) is 12.4 Å². The summed E-state index contributed by atoms with van der Waals surface area (Å²) in [7, 11) is 0. The summed E-state index contributed by atoms with van der Waals surface area (Å²) in [6.07, 6.45) is 5.95. The van der Waals surface area contributed by atoms with Gasteiger partial charge in [-0.05, 0) is 34.5 Å². The Morgan fingerprint density at radius 2 is 2.12 bits per heavy atom. The molecule has 2 rings (SSSR count). The molecule has 88 valence electrons. The highest BCUT2D eigenvalue weighted by Crippen LogP contribution is 2.22. The van der Waals surface area contributed by atoms with Gasteiger partial charge in [0.1, 0.15) is 16.7 Å². The molecule has 0 aliphatic rings. The highest BCUT2D eigenvalue weighted by Gasteiger charge is 2.03. The van der Waals surface area contributed by atoms with Gasteiger partial charge in [0.2, 0.25) is 0 Å². The van der Waals surface area contributed by atoms with Crippen LogP contribution in [0.1, 0.15) is 13.3 Å². The summed E-state index contributed by atoms with van der Waals surface area (Å²) in [5, 5.41) is 0. The Morgan fingerprint density at radius 3 is 2.88 bits per heavy atom. The van der Waals surface area contributed by atoms with Gasteiger partial charge in [-0.15, -0.1) is 0 Å². The molecular weight excluding hydrogens is 282 g/mol. The number of aromatic nitrogens is 3. The number of rotatable bonds is 4. The summed E-state index contributed by atoms with van der Waals surface area (Å²) in [6.45, 7) is 2.76. The molecule has 0 aromatic carbocycles. The molecular formula is C12H12BrN3O. The van der Waals surface area contributed by atoms with E-state index in [2.05, 4.69) is 37.8 Å². The van der Waals surface area contributed by atoms with Crippen LogP contribution in [0.15, 0.2) is 35.5 Å². The van der Waals surface area contributed by atoms with Gasteiger partial charge in [-0.1, -0.05) is 6.92 Å². The van der Waals surface area contributed by atoms with E-state index in [1.165, 1.54) is 6.33 Å². The molecule has 0 atom stereocenters. The van der Waals surface area contributed by atoms with E-state index in [4.69, 9.17) is 4.74 Å². The summed E-state index contributed by atoms with van der Waals surface area (Å²) >= 11 is 3.32. The van der Waals surface area contributed by atoms with Crippen LogP contribution in [0.5, 0.6) is 5.75 Å². The van der Waals surface area contributed by atoms with Crippen molar-refractivity contribution in [3.8, 4) is 17.0 Å². The molecule has 17 heavy (non-hydrogen) atoms. The fraction of sp³-hybridized carbons (Fsp3) is 0.250. The van der Waals surface area contributed by atoms with Gasteiger partial charge in [-0.3, -0.25) is 4.98 Å². The zero-order valence-corrected chi connectivity index (χ0v) is 11.0. The first-order valence-electron chi connectivity index (χ1n) is 5.35. The third kappa shape index (κ3) is 3.23. The molecule has 2 heterocycles. The van der Waals surface area contributed by atoms with Crippen LogP contribution in [0.3, 0.4) is 0 Å². The minimum absolute atomic E-state index is 0.693. The molecule has 0 aliphatic carbocycles. The van der Waals surface area contributed by atoms with E-state index < -0.39 is 0 Å². The van der Waals surface area contributed by atoms with E-state index in [-0.39, 0.29) is 0 Å². The van der Waals surface area contributed by atoms with E-state index >= 15 is 0 Å². The molecule has 4 nitrogen and oxygen atoms in total. The molecule has 0 bridgehead atoms. The van der Waals surface area contributed by atoms with Crippen LogP contribution in [0.2, 0.25) is 0 Å². The smallest absolute Gasteiger partial charge is 0.138 e. The maximum atomic E-state index is 5.53. The van der Waals surface area contributed by atoms with Crippen LogP contribution in [-0.2, 0) is 0 Å². The molecule has 0 fully saturated rings. The second-order valence-electron chi connectivity index (χ2n) is 3.48. The number of hydrogen-bond donors (Lipinski definition) is 0. The van der Waals surface area contributed by atoms with E-state index in [0.717, 1.165) is 28.0 Å². The van der Waals surface area contributed by atoms with Crippen LogP contribution < -0.4 is 4.74 Å². The number of hydrogen-bond acceptors (Lipinski definition) is 4. The first-order valence-corrected chi connectivity index (χ1v) is 6.14. The zero-order chi connectivity index (χ0) is 12.1. The van der Waals surface area contributed by atoms with Gasteiger partial charge in [-0.25, -0.2) is 9.97 Å². The molecule has 0 amide bonds. The van der Waals surface area contributed by atoms with Crippen molar-refractivity contribution < 1.29 is 4.74 Å². The van der Waals surface area contributed by atoms with Crippen molar-refractivity contribution in [1.29, 1.82) is 0 Å². The highest BCUT2D eigenvalue weighted by atomic mass is 79.9. The van der Waals surface area contributed by atoms with E-state index in [9.17, 15) is 0 Å². The van der Waals surface area contributed by atoms with Crippen molar-refractivity contribution >= 4 is 15.9 Å². The molecule has 0 unspecified atom stereocenters. The van der Waals surface area contributed by atoms with Gasteiger partial charge in [0.15, 0.2) is 0 Å². The quantitative estimate of drug-likeness (QED) is 0.813. The SMILES string of the molecule is CCCOc1cncc(-c2cc(Br)ncn2)c1. The average Bonchev–Trinajstić information content (AvgIpc) is 2.37. The molecule has 2 aromatic heterocycles. The summed E-state index contributed by atoms with van der Waals surface area (Å²) < 4.78 is 6.28. The predicted molar refractivity (Wildman–Crippen MR) is 68.7 cm³/mol. The van der Waals surface area contributed by atoms with Crippen molar-refractivity contribution in [1.82, 2.24) is 15.0 Å². The van der Waals surface area contributed by atoms with Gasteiger partial charge in [0, 0.05) is 11.8 Å². The maximum Gasteiger partial charge on any atom is 0.138 e. The zero-order valence-electron chi connectivity index (χ0n) is 9.43. The Labute approximate surface area is 108 Å². The Hall–Kier alpha value is -1.49. The van der Waals surface area contributed by atoms with E-state index in [1.807, 2.05) is 12.1 Å². The molecule has 0 spiro atoms. The minimum Gasteiger partial charge on any atom is -0.492 e. The van der Waals surface area contributed by atoms with Gasteiger partial charge >= 0.3 is 0 Å². The first-order chi connectivity index (χ1) is 8.29. The molecule has 2 aromatic rings. The first kappa shape index (κ1) is 12.0. The third-order valence-electron chi connectivity index (χ3n) is 2.12. The summed E-state index contributed by atoms with van der Waals surface area (Å²) in [6, 6.07) is 3.78. The number of nitrogens with zero attached hydrogens (tertiary/aromatic N) is 3. The molecule has 0 aliphatic heterocycles. The lowest BCUT2D eigenvalue weighted by atomic mass is 10.2. The fourth-order valence-corrected chi connectivity index (χ4v) is 1.66. The van der Waals surface area contributed by atoms with E-state index in [0.29, 0.717) is 6.61 Å². The molecule has 5 heteroatoms. The highest BCUT2D eigenvalue weighted by molar-refractivity contribution is 9.10. The van der Waals surface area contributed by atoms with Gasteiger partial charge < -0.3 is 4.74 Å². The Morgan fingerprint density at radius 1 is 1.24 bits per heavy atom. The molecule has 0 radical (unpaired) electrons. The van der Waals surface area contributed by atoms with Crippen molar-refractivity contribution in [2.45, 2.75) is 13.3 Å². The van der Waals surface area contributed by atoms with Crippen LogP contribution in [-0.4, -0.2) is 21.6 Å². The summed E-state index contributed by atoms with van der Waals surface area (Å²) in [4.78, 5) is 12.3. The van der Waals surface area contributed by atoms with Crippen molar-refractivity contribution in [2.75, 3.05) is 6.61 Å². The van der Waals surface area contributed by atoms with Crippen LogP contribution in [0, 0.1) is 0 Å². The second-order valence-corrected chi connectivity index (χ2v) is 4.30. The lowest BCUT2D eigenvalue weighted by Gasteiger charge is -2.06. The minimum atomic E-state index is 0.693. The Bertz CT molecular complexity index is 505. The van der Waals surface area contributed by atoms with Gasteiger partial charge in [-0.2, -0.15) is 0 Å². The van der Waals surface area contributed by atoms with Crippen molar-refractivity contribution in [3.63, 3.8) is 0 Å². The topological polar surface area (TPSA) is 47.9 Å². The van der Waals surface area contributed by atoms with Gasteiger partial charge in [0.25, 0.3) is 0 Å². The summed E-state index contributed by atoms with van der Waals surface area (Å²) in [5.74, 6) is 0.763. The lowest BCUT2D eigenvalue weighted by Crippen LogP contribution is -1.96. The molecule has 0 saturated heterocycles. The third-order valence-corrected chi connectivity index (χ3v) is 2.55. The fourth-order valence-electron chi connectivity index (χ4n) is 1.35. The van der Waals surface area contributed by atoms with Crippen LogP contribution >= 0.6 is 15.9 Å². The molecule has 0 saturated carbocycles. The van der Waals surface area contributed by atoms with Gasteiger partial charge in [0.05, 0.1) is 18.5 Å². The second kappa shape index (κ2) is 5.72. The maximum absolute atomic E-state index is 5.53. The average molecular weight is 294 g/mol. The standard InChI is InChI=1S/C12H12BrN3O/c1-2-3-17-10-4-9(6-14-7-10)11-5-12(13)16-8-15-11/h4-8H,2-3H2,1H3. The number of pyridine rings is 1. The van der Waals surface area contributed by atoms with Crippen molar-refractivity contribution in [3.05, 3.63) is 35.5 Å². The predicted octanol–water partition coefficient (Wildman–Crippen LogP) is 3.09. The Balaban J connectivity index is 2.26. The molecule has 0 N–H and O–H groups in total. The number of ether oxygens (including phenoxy) is 1. The summed E-state index contributed by atoms with van der Waals surface area (Å²) in [5.41, 5.74) is 1.74. The van der Waals surface area contributed by atoms with Crippen LogP contribution in [0.4, 0.5) is 0 Å². The largest absolute Gasteiger partial charge is 0.492 e. The van der Waals surface area contributed by atoms with Crippen molar-refractivity contribution in [2.24, 2.45) is 0 Å². The Kier molecular flexibility index (Phi) is 4.03. The normalized spacial score (nSPS) is 10.2. The van der Waals surface area contributed by atoms with Crippen LogP contribution in [0.25, 0.3) is 11.3 Å². The number of halogens is 1. The lowest BCUT2D eigenvalue weighted by molar-refractivity contribution is 0.316. The monoisotopic (exact) mass is 293 g/mol.